The van der Waals surface area contributed by atoms with E-state index in [0.29, 0.717) is 13.1 Å². The monoisotopic (exact) mass is 292 g/mol. The highest BCUT2D eigenvalue weighted by molar-refractivity contribution is 5.68. The topological polar surface area (TPSA) is 51.7 Å². The molecule has 0 aliphatic carbocycles. The van der Waals surface area contributed by atoms with Gasteiger partial charge in [-0.15, -0.1) is 0 Å². The Hall–Kier alpha value is -1.62. The molecule has 1 fully saturated rings. The summed E-state index contributed by atoms with van der Waals surface area (Å²) < 4.78 is 11.4. The third-order valence-electron chi connectivity index (χ3n) is 3.30. The molecule has 5 heteroatoms. The number of carbonyl (C=O) groups is 1. The average molecular weight is 292 g/mol. The first-order chi connectivity index (χ1) is 9.85. The maximum atomic E-state index is 12.0. The summed E-state index contributed by atoms with van der Waals surface area (Å²) in [5.74, 6) is 0. The maximum absolute atomic E-state index is 12.0. The van der Waals surface area contributed by atoms with Crippen molar-refractivity contribution in [2.24, 2.45) is 0 Å². The summed E-state index contributed by atoms with van der Waals surface area (Å²) in [5, 5.41) is 0. The minimum atomic E-state index is -0.461. The van der Waals surface area contributed by atoms with Crippen molar-refractivity contribution >= 4 is 6.09 Å². The smallest absolute Gasteiger partial charge is 0.410 e. The number of rotatable bonds is 3. The number of aromatic nitrogens is 1. The van der Waals surface area contributed by atoms with E-state index in [-0.39, 0.29) is 18.3 Å². The van der Waals surface area contributed by atoms with Crippen LogP contribution in [0.15, 0.2) is 24.4 Å². The van der Waals surface area contributed by atoms with E-state index in [4.69, 9.17) is 9.47 Å². The number of carbonyl (C=O) groups excluding carboxylic acids is 1. The average Bonchev–Trinajstić information content (AvgIpc) is 2.86. The first kappa shape index (κ1) is 15.8. The Kier molecular flexibility index (Phi) is 4.83. The summed E-state index contributed by atoms with van der Waals surface area (Å²) in [6.07, 6.45) is 2.29. The Morgan fingerprint density at radius 1 is 1.43 bits per heavy atom. The second-order valence-corrected chi connectivity index (χ2v) is 6.37. The van der Waals surface area contributed by atoms with Gasteiger partial charge >= 0.3 is 6.09 Å². The van der Waals surface area contributed by atoms with Crippen LogP contribution in [-0.4, -0.2) is 40.8 Å². The van der Waals surface area contributed by atoms with Gasteiger partial charge in [0.05, 0.1) is 24.4 Å². The molecule has 21 heavy (non-hydrogen) atoms. The quantitative estimate of drug-likeness (QED) is 0.858. The first-order valence-corrected chi connectivity index (χ1v) is 7.39. The van der Waals surface area contributed by atoms with Crippen molar-refractivity contribution < 1.29 is 14.3 Å². The highest BCUT2D eigenvalue weighted by Gasteiger charge is 2.31. The number of hydrogen-bond donors (Lipinski definition) is 0. The van der Waals surface area contributed by atoms with E-state index in [9.17, 15) is 4.79 Å². The lowest BCUT2D eigenvalue weighted by molar-refractivity contribution is -0.00557. The number of hydrogen-bond acceptors (Lipinski definition) is 4. The van der Waals surface area contributed by atoms with Crippen LogP contribution in [0, 0.1) is 0 Å². The van der Waals surface area contributed by atoms with Crippen LogP contribution >= 0.6 is 0 Å². The molecule has 0 saturated carbocycles. The molecule has 0 spiro atoms. The number of ether oxygens (including phenoxy) is 2. The fourth-order valence-corrected chi connectivity index (χ4v) is 2.31. The zero-order chi connectivity index (χ0) is 15.5. The largest absolute Gasteiger partial charge is 0.444 e. The molecule has 5 nitrogen and oxygen atoms in total. The molecule has 1 aliphatic heterocycles. The van der Waals surface area contributed by atoms with E-state index in [0.717, 1.165) is 12.1 Å². The van der Waals surface area contributed by atoms with Crippen LogP contribution < -0.4 is 0 Å². The summed E-state index contributed by atoms with van der Waals surface area (Å²) in [6.45, 7) is 8.85. The van der Waals surface area contributed by atoms with Crippen molar-refractivity contribution in [1.82, 2.24) is 9.88 Å². The SMILES string of the molecule is C[C@H](O[C@@H]1CCN(C(=O)OC(C)(C)C)C1)c1ccccn1. The first-order valence-electron chi connectivity index (χ1n) is 7.39. The molecule has 116 valence electrons. The van der Waals surface area contributed by atoms with Gasteiger partial charge in [-0.2, -0.15) is 0 Å². The molecule has 0 N–H and O–H groups in total. The molecule has 1 aromatic rings. The summed E-state index contributed by atoms with van der Waals surface area (Å²) in [4.78, 5) is 18.0. The summed E-state index contributed by atoms with van der Waals surface area (Å²) in [5.41, 5.74) is 0.449. The van der Waals surface area contributed by atoms with Gasteiger partial charge in [-0.25, -0.2) is 4.79 Å². The molecule has 2 rings (SSSR count). The molecule has 0 bridgehead atoms. The van der Waals surface area contributed by atoms with E-state index < -0.39 is 5.60 Å². The zero-order valence-electron chi connectivity index (χ0n) is 13.2. The van der Waals surface area contributed by atoms with Gasteiger partial charge in [0.2, 0.25) is 0 Å². The highest BCUT2D eigenvalue weighted by atomic mass is 16.6. The fourth-order valence-electron chi connectivity index (χ4n) is 2.31. The lowest BCUT2D eigenvalue weighted by Gasteiger charge is -2.24. The third kappa shape index (κ3) is 4.70. The van der Waals surface area contributed by atoms with Crippen molar-refractivity contribution in [1.29, 1.82) is 0 Å². The number of nitrogens with zero attached hydrogens (tertiary/aromatic N) is 2. The second kappa shape index (κ2) is 6.43. The Morgan fingerprint density at radius 2 is 2.19 bits per heavy atom. The molecule has 0 unspecified atom stereocenters. The van der Waals surface area contributed by atoms with Gasteiger partial charge in [-0.3, -0.25) is 4.98 Å². The van der Waals surface area contributed by atoms with Gasteiger partial charge in [0.15, 0.2) is 0 Å². The van der Waals surface area contributed by atoms with Crippen LogP contribution in [0.5, 0.6) is 0 Å². The molecule has 1 aliphatic rings. The Balaban J connectivity index is 1.84. The predicted octanol–water partition coefficient (Wildman–Crippen LogP) is 3.17. The standard InChI is InChI=1S/C16H24N2O3/c1-12(14-7-5-6-9-17-14)20-13-8-10-18(11-13)15(19)21-16(2,3)4/h5-7,9,12-13H,8,10-11H2,1-4H3/t12-,13+/m0/s1. The number of likely N-dealkylation sites (tertiary alicyclic amines) is 1. The van der Waals surface area contributed by atoms with Gasteiger partial charge in [-0.1, -0.05) is 6.07 Å². The van der Waals surface area contributed by atoms with Crippen molar-refractivity contribution in [3.05, 3.63) is 30.1 Å². The molecule has 0 radical (unpaired) electrons. The van der Waals surface area contributed by atoms with Crippen molar-refractivity contribution in [2.75, 3.05) is 13.1 Å². The lowest BCUT2D eigenvalue weighted by Crippen LogP contribution is -2.36. The van der Waals surface area contributed by atoms with E-state index >= 15 is 0 Å². The normalized spacial score (nSPS) is 20.4. The zero-order valence-corrected chi connectivity index (χ0v) is 13.2. The number of pyridine rings is 1. The van der Waals surface area contributed by atoms with E-state index in [2.05, 4.69) is 4.98 Å². The van der Waals surface area contributed by atoms with Crippen molar-refractivity contribution in [2.45, 2.75) is 51.9 Å². The molecule has 1 saturated heterocycles. The van der Waals surface area contributed by atoms with Crippen LogP contribution in [0.25, 0.3) is 0 Å². The molecule has 2 atom stereocenters. The van der Waals surface area contributed by atoms with Crippen LogP contribution in [0.3, 0.4) is 0 Å². The lowest BCUT2D eigenvalue weighted by atomic mass is 10.2. The molecule has 2 heterocycles. The van der Waals surface area contributed by atoms with Crippen molar-refractivity contribution in [3.63, 3.8) is 0 Å². The van der Waals surface area contributed by atoms with Gasteiger partial charge in [0.25, 0.3) is 0 Å². The summed E-state index contributed by atoms with van der Waals surface area (Å²) >= 11 is 0. The molecule has 0 aromatic carbocycles. The minimum absolute atomic E-state index is 0.0366. The van der Waals surface area contributed by atoms with Crippen LogP contribution in [0.1, 0.15) is 45.9 Å². The van der Waals surface area contributed by atoms with E-state index in [1.165, 1.54) is 0 Å². The van der Waals surface area contributed by atoms with Gasteiger partial charge < -0.3 is 14.4 Å². The van der Waals surface area contributed by atoms with Gasteiger partial charge in [0, 0.05) is 12.7 Å². The third-order valence-corrected chi connectivity index (χ3v) is 3.30. The Labute approximate surface area is 126 Å². The summed E-state index contributed by atoms with van der Waals surface area (Å²) in [6, 6.07) is 5.78. The Morgan fingerprint density at radius 3 is 2.81 bits per heavy atom. The second-order valence-electron chi connectivity index (χ2n) is 6.37. The molecule has 1 aromatic heterocycles. The van der Waals surface area contributed by atoms with Crippen LogP contribution in [0.2, 0.25) is 0 Å². The molecular formula is C16H24N2O3. The fraction of sp³-hybridized carbons (Fsp3) is 0.625. The van der Waals surface area contributed by atoms with Gasteiger partial charge in [0.1, 0.15) is 5.60 Å². The summed E-state index contributed by atoms with van der Waals surface area (Å²) in [7, 11) is 0. The van der Waals surface area contributed by atoms with E-state index in [1.54, 1.807) is 11.1 Å². The number of amides is 1. The van der Waals surface area contributed by atoms with Crippen LogP contribution in [-0.2, 0) is 9.47 Å². The van der Waals surface area contributed by atoms with Gasteiger partial charge in [-0.05, 0) is 46.2 Å². The highest BCUT2D eigenvalue weighted by Crippen LogP contribution is 2.22. The minimum Gasteiger partial charge on any atom is -0.444 e. The maximum Gasteiger partial charge on any atom is 0.410 e. The van der Waals surface area contributed by atoms with Crippen molar-refractivity contribution in [3.8, 4) is 0 Å². The Bertz CT molecular complexity index is 470. The van der Waals surface area contributed by atoms with E-state index in [1.807, 2.05) is 45.9 Å². The predicted molar refractivity (Wildman–Crippen MR) is 79.9 cm³/mol. The van der Waals surface area contributed by atoms with Crippen LogP contribution in [0.4, 0.5) is 4.79 Å². The molecule has 1 amide bonds. The molecular weight excluding hydrogens is 268 g/mol.